The second kappa shape index (κ2) is 5.29. The van der Waals surface area contributed by atoms with Gasteiger partial charge in [0.25, 0.3) is 5.91 Å². The molecule has 0 spiro atoms. The van der Waals surface area contributed by atoms with Gasteiger partial charge >= 0.3 is 0 Å². The van der Waals surface area contributed by atoms with E-state index in [0.29, 0.717) is 28.2 Å². The molecule has 4 nitrogen and oxygen atoms in total. The van der Waals surface area contributed by atoms with Gasteiger partial charge in [-0.2, -0.15) is 5.10 Å². The molecule has 0 saturated heterocycles. The van der Waals surface area contributed by atoms with Crippen molar-refractivity contribution >= 4 is 23.2 Å². The van der Waals surface area contributed by atoms with Gasteiger partial charge in [-0.3, -0.25) is 4.79 Å². The zero-order valence-corrected chi connectivity index (χ0v) is 11.9. The molecule has 2 atom stereocenters. The number of allylic oxidation sites excluding steroid dienone is 2. The summed E-state index contributed by atoms with van der Waals surface area (Å²) in [5, 5.41) is 4.72. The molecule has 1 aromatic carbocycles. The second-order valence-corrected chi connectivity index (χ2v) is 5.46. The number of hydrogen-bond donors (Lipinski definition) is 1. The van der Waals surface area contributed by atoms with Crippen molar-refractivity contribution < 1.29 is 9.53 Å². The van der Waals surface area contributed by atoms with E-state index in [1.54, 1.807) is 18.2 Å². The Morgan fingerprint density at radius 2 is 2.35 bits per heavy atom. The lowest BCUT2D eigenvalue weighted by molar-refractivity contribution is 0.0951. The van der Waals surface area contributed by atoms with E-state index in [0.717, 1.165) is 18.6 Å². The molecule has 20 heavy (non-hydrogen) atoms. The van der Waals surface area contributed by atoms with Crippen LogP contribution in [0.3, 0.4) is 0 Å². The van der Waals surface area contributed by atoms with E-state index in [1.165, 1.54) is 7.11 Å². The summed E-state index contributed by atoms with van der Waals surface area (Å²) in [5.41, 5.74) is 4.06. The first kappa shape index (κ1) is 13.2. The van der Waals surface area contributed by atoms with Gasteiger partial charge in [0.05, 0.1) is 12.7 Å². The van der Waals surface area contributed by atoms with E-state index in [4.69, 9.17) is 16.3 Å². The molecule has 2 aliphatic rings. The summed E-state index contributed by atoms with van der Waals surface area (Å²) < 4.78 is 5.16. The van der Waals surface area contributed by atoms with E-state index in [1.807, 2.05) is 0 Å². The van der Waals surface area contributed by atoms with Crippen LogP contribution < -0.4 is 10.2 Å². The minimum atomic E-state index is -0.300. The number of carbonyl (C=O) groups is 1. The summed E-state index contributed by atoms with van der Waals surface area (Å²) in [6.45, 7) is 0. The molecule has 104 valence electrons. The average Bonchev–Trinajstić information content (AvgIpc) is 2.80. The van der Waals surface area contributed by atoms with E-state index in [9.17, 15) is 4.79 Å². The van der Waals surface area contributed by atoms with Crippen LogP contribution in [-0.4, -0.2) is 18.7 Å². The summed E-state index contributed by atoms with van der Waals surface area (Å²) in [5.74, 6) is 1.29. The molecule has 0 aromatic heterocycles. The van der Waals surface area contributed by atoms with Crippen LogP contribution >= 0.6 is 11.6 Å². The number of nitrogens with one attached hydrogen (secondary N) is 1. The Labute approximate surface area is 122 Å². The highest BCUT2D eigenvalue weighted by atomic mass is 35.5. The number of ether oxygens (including phenoxy) is 1. The topological polar surface area (TPSA) is 50.7 Å². The smallest absolute Gasteiger partial charge is 0.275 e. The molecule has 1 saturated carbocycles. The number of rotatable bonds is 3. The van der Waals surface area contributed by atoms with Crippen LogP contribution in [0.25, 0.3) is 0 Å². The molecule has 1 fully saturated rings. The normalized spacial score (nSPS) is 25.2. The van der Waals surface area contributed by atoms with E-state index in [2.05, 4.69) is 22.7 Å². The SMILES string of the molecule is COc1ccc(Cl)cc1C(=O)N/N=C1/CC2C=CCC12. The van der Waals surface area contributed by atoms with E-state index >= 15 is 0 Å². The van der Waals surface area contributed by atoms with Gasteiger partial charge in [-0.1, -0.05) is 23.8 Å². The Hall–Kier alpha value is -1.81. The number of amides is 1. The zero-order valence-electron chi connectivity index (χ0n) is 11.1. The number of hydrazone groups is 1. The molecular weight excluding hydrogens is 276 g/mol. The minimum absolute atomic E-state index is 0.300. The van der Waals surface area contributed by atoms with Crippen molar-refractivity contribution in [1.82, 2.24) is 5.43 Å². The number of hydrogen-bond acceptors (Lipinski definition) is 3. The fourth-order valence-corrected chi connectivity index (χ4v) is 2.88. The van der Waals surface area contributed by atoms with Crippen molar-refractivity contribution in [3.63, 3.8) is 0 Å². The van der Waals surface area contributed by atoms with Crippen molar-refractivity contribution in [3.8, 4) is 5.75 Å². The van der Waals surface area contributed by atoms with Crippen molar-refractivity contribution in [2.24, 2.45) is 16.9 Å². The predicted molar refractivity (Wildman–Crippen MR) is 78.3 cm³/mol. The van der Waals surface area contributed by atoms with Crippen molar-refractivity contribution in [3.05, 3.63) is 40.9 Å². The highest BCUT2D eigenvalue weighted by Gasteiger charge is 2.38. The summed E-state index contributed by atoms with van der Waals surface area (Å²) in [6, 6.07) is 4.94. The number of fused-ring (bicyclic) bond motifs is 1. The van der Waals surface area contributed by atoms with Crippen LogP contribution in [0.15, 0.2) is 35.5 Å². The van der Waals surface area contributed by atoms with Crippen LogP contribution in [0.4, 0.5) is 0 Å². The summed E-state index contributed by atoms with van der Waals surface area (Å²) in [7, 11) is 1.52. The van der Waals surface area contributed by atoms with Crippen LogP contribution in [0, 0.1) is 11.8 Å². The lowest BCUT2D eigenvalue weighted by atomic mass is 9.74. The molecule has 0 aliphatic heterocycles. The fraction of sp³-hybridized carbons (Fsp3) is 0.333. The molecule has 0 radical (unpaired) electrons. The molecule has 3 rings (SSSR count). The molecule has 2 aliphatic carbocycles. The van der Waals surface area contributed by atoms with Gasteiger partial charge in [0.1, 0.15) is 5.75 Å². The zero-order chi connectivity index (χ0) is 14.1. The number of benzene rings is 1. The Morgan fingerprint density at radius 3 is 3.10 bits per heavy atom. The predicted octanol–water partition coefficient (Wildman–Crippen LogP) is 3.03. The van der Waals surface area contributed by atoms with Gasteiger partial charge in [0, 0.05) is 16.7 Å². The highest BCUT2D eigenvalue weighted by Crippen LogP contribution is 2.40. The largest absolute Gasteiger partial charge is 0.496 e. The molecule has 1 aromatic rings. The van der Waals surface area contributed by atoms with E-state index < -0.39 is 0 Å². The third-order valence-electron chi connectivity index (χ3n) is 3.87. The third kappa shape index (κ3) is 2.31. The van der Waals surface area contributed by atoms with Gasteiger partial charge < -0.3 is 4.74 Å². The van der Waals surface area contributed by atoms with Crippen molar-refractivity contribution in [2.45, 2.75) is 12.8 Å². The molecule has 0 bridgehead atoms. The number of halogens is 1. The molecule has 1 N–H and O–H groups in total. The summed E-state index contributed by atoms with van der Waals surface area (Å²) in [4.78, 5) is 12.1. The minimum Gasteiger partial charge on any atom is -0.496 e. The standard InChI is InChI=1S/C15H15ClN2O2/c1-20-14-6-5-10(16)8-12(14)15(19)18-17-13-7-9-3-2-4-11(9)13/h2-3,5-6,8-9,11H,4,7H2,1H3,(H,18,19)/b17-13-. The number of nitrogens with zero attached hydrogens (tertiary/aromatic N) is 1. The maximum absolute atomic E-state index is 12.1. The van der Waals surface area contributed by atoms with Crippen LogP contribution in [0.1, 0.15) is 23.2 Å². The van der Waals surface area contributed by atoms with Crippen LogP contribution in [0.2, 0.25) is 5.02 Å². The Morgan fingerprint density at radius 1 is 1.50 bits per heavy atom. The maximum atomic E-state index is 12.1. The molecule has 5 heteroatoms. The Bertz CT molecular complexity index is 610. The lowest BCUT2D eigenvalue weighted by Gasteiger charge is -2.31. The Balaban J connectivity index is 1.71. The molecular formula is C15H15ClN2O2. The van der Waals surface area contributed by atoms with Gasteiger partial charge in [-0.25, -0.2) is 5.43 Å². The first-order valence-corrected chi connectivity index (χ1v) is 6.94. The van der Waals surface area contributed by atoms with Crippen molar-refractivity contribution in [1.29, 1.82) is 0 Å². The number of methoxy groups -OCH3 is 1. The second-order valence-electron chi connectivity index (χ2n) is 5.03. The Kier molecular flexibility index (Phi) is 3.49. The van der Waals surface area contributed by atoms with Gasteiger partial charge in [0.15, 0.2) is 0 Å². The van der Waals surface area contributed by atoms with Gasteiger partial charge in [-0.05, 0) is 37.0 Å². The summed E-state index contributed by atoms with van der Waals surface area (Å²) >= 11 is 5.91. The van der Waals surface area contributed by atoms with E-state index in [-0.39, 0.29) is 5.91 Å². The van der Waals surface area contributed by atoms with Crippen molar-refractivity contribution in [2.75, 3.05) is 7.11 Å². The van der Waals surface area contributed by atoms with Gasteiger partial charge in [0.2, 0.25) is 0 Å². The molecule has 0 heterocycles. The number of carbonyl (C=O) groups excluding carboxylic acids is 1. The molecule has 1 amide bonds. The lowest BCUT2D eigenvalue weighted by Crippen LogP contribution is -2.35. The first-order valence-electron chi connectivity index (χ1n) is 6.56. The monoisotopic (exact) mass is 290 g/mol. The molecule has 2 unspecified atom stereocenters. The fourth-order valence-electron chi connectivity index (χ4n) is 2.70. The average molecular weight is 291 g/mol. The first-order chi connectivity index (χ1) is 9.69. The van der Waals surface area contributed by atoms with Crippen LogP contribution in [-0.2, 0) is 0 Å². The summed E-state index contributed by atoms with van der Waals surface area (Å²) in [6.07, 6.45) is 6.37. The third-order valence-corrected chi connectivity index (χ3v) is 4.11. The van der Waals surface area contributed by atoms with Gasteiger partial charge in [-0.15, -0.1) is 0 Å². The quantitative estimate of drug-likeness (QED) is 0.687. The van der Waals surface area contributed by atoms with Crippen LogP contribution in [0.5, 0.6) is 5.75 Å². The highest BCUT2D eigenvalue weighted by molar-refractivity contribution is 6.31. The maximum Gasteiger partial charge on any atom is 0.275 e.